The maximum atomic E-state index is 11.7. The van der Waals surface area contributed by atoms with Crippen LogP contribution in [0.3, 0.4) is 0 Å². The van der Waals surface area contributed by atoms with Gasteiger partial charge in [0.2, 0.25) is 5.91 Å². The smallest absolute Gasteiger partial charge is 0.223 e. The molecule has 1 heterocycles. The first kappa shape index (κ1) is 14.2. The van der Waals surface area contributed by atoms with Gasteiger partial charge in [0, 0.05) is 30.0 Å². The van der Waals surface area contributed by atoms with Crippen LogP contribution in [0, 0.1) is 12.8 Å². The lowest BCUT2D eigenvalue weighted by atomic mass is 10.0. The van der Waals surface area contributed by atoms with E-state index in [1.165, 1.54) is 5.01 Å². The number of hydrogen-bond donors (Lipinski definition) is 1. The molecule has 0 saturated heterocycles. The fourth-order valence-corrected chi connectivity index (χ4v) is 2.59. The fraction of sp³-hybridized carbons (Fsp3) is 0.692. The van der Waals surface area contributed by atoms with Gasteiger partial charge >= 0.3 is 0 Å². The monoisotopic (exact) mass is 254 g/mol. The second kappa shape index (κ2) is 7.43. The van der Waals surface area contributed by atoms with Gasteiger partial charge in [-0.05, 0) is 26.2 Å². The molecule has 1 aromatic rings. The number of aryl methyl sites for hydroxylation is 2. The van der Waals surface area contributed by atoms with E-state index >= 15 is 0 Å². The summed E-state index contributed by atoms with van der Waals surface area (Å²) in [6.45, 7) is 6.89. The zero-order valence-corrected chi connectivity index (χ0v) is 11.8. The first-order chi connectivity index (χ1) is 8.17. The number of nitrogens with zero attached hydrogens (tertiary/aromatic N) is 1. The van der Waals surface area contributed by atoms with Gasteiger partial charge in [-0.2, -0.15) is 0 Å². The molecule has 0 aliphatic carbocycles. The molecule has 0 unspecified atom stereocenters. The van der Waals surface area contributed by atoms with Crippen molar-refractivity contribution < 1.29 is 4.79 Å². The second-order valence-electron chi connectivity index (χ2n) is 4.29. The zero-order valence-electron chi connectivity index (χ0n) is 11.0. The molecular formula is C13H22N2OS. The highest BCUT2D eigenvalue weighted by molar-refractivity contribution is 7.09. The van der Waals surface area contributed by atoms with E-state index in [1.807, 2.05) is 6.92 Å². The van der Waals surface area contributed by atoms with Crippen LogP contribution in [0.2, 0.25) is 0 Å². The minimum Gasteiger partial charge on any atom is -0.356 e. The first-order valence-electron chi connectivity index (χ1n) is 6.36. The minimum absolute atomic E-state index is 0.178. The number of nitrogens with one attached hydrogen (secondary N) is 1. The Morgan fingerprint density at radius 3 is 2.71 bits per heavy atom. The van der Waals surface area contributed by atoms with Gasteiger partial charge in [0.25, 0.3) is 0 Å². The maximum Gasteiger partial charge on any atom is 0.223 e. The number of carbonyl (C=O) groups is 1. The Morgan fingerprint density at radius 1 is 1.47 bits per heavy atom. The molecular weight excluding hydrogens is 232 g/mol. The fourth-order valence-electron chi connectivity index (χ4n) is 1.77. The van der Waals surface area contributed by atoms with Crippen LogP contribution >= 0.6 is 11.3 Å². The van der Waals surface area contributed by atoms with Gasteiger partial charge in [-0.25, -0.2) is 4.98 Å². The van der Waals surface area contributed by atoms with E-state index in [9.17, 15) is 4.79 Å². The summed E-state index contributed by atoms with van der Waals surface area (Å²) in [6, 6.07) is 0. The van der Waals surface area contributed by atoms with Crippen LogP contribution in [0.4, 0.5) is 0 Å². The van der Waals surface area contributed by atoms with Crippen LogP contribution in [-0.4, -0.2) is 17.4 Å². The van der Waals surface area contributed by atoms with Crippen molar-refractivity contribution in [1.29, 1.82) is 0 Å². The Bertz CT molecular complexity index is 345. The Morgan fingerprint density at radius 2 is 2.18 bits per heavy atom. The van der Waals surface area contributed by atoms with Crippen molar-refractivity contribution >= 4 is 17.2 Å². The lowest BCUT2D eigenvalue weighted by Gasteiger charge is -2.12. The summed E-state index contributed by atoms with van der Waals surface area (Å²) in [7, 11) is 0. The largest absolute Gasteiger partial charge is 0.356 e. The molecule has 4 heteroatoms. The number of carbonyl (C=O) groups excluding carboxylic acids is 1. The van der Waals surface area contributed by atoms with Gasteiger partial charge < -0.3 is 5.32 Å². The first-order valence-corrected chi connectivity index (χ1v) is 7.24. The predicted molar refractivity (Wildman–Crippen MR) is 72.3 cm³/mol. The molecule has 96 valence electrons. The van der Waals surface area contributed by atoms with E-state index in [1.54, 1.807) is 11.3 Å². The quantitative estimate of drug-likeness (QED) is 0.760. The lowest BCUT2D eigenvalue weighted by molar-refractivity contribution is -0.125. The van der Waals surface area contributed by atoms with Gasteiger partial charge in [0.1, 0.15) is 0 Å². The minimum atomic E-state index is 0.178. The van der Waals surface area contributed by atoms with E-state index in [4.69, 9.17) is 0 Å². The number of rotatable bonds is 7. The molecule has 1 amide bonds. The third kappa shape index (κ3) is 4.86. The molecule has 1 N–H and O–H groups in total. The topological polar surface area (TPSA) is 42.0 Å². The molecule has 0 bridgehead atoms. The van der Waals surface area contributed by atoms with Crippen LogP contribution in [0.25, 0.3) is 0 Å². The Labute approximate surface area is 108 Å². The van der Waals surface area contributed by atoms with Crippen LogP contribution in [0.5, 0.6) is 0 Å². The van der Waals surface area contributed by atoms with Gasteiger partial charge in [-0.1, -0.05) is 13.8 Å². The zero-order chi connectivity index (χ0) is 12.7. The Balaban J connectivity index is 2.17. The van der Waals surface area contributed by atoms with E-state index in [-0.39, 0.29) is 11.8 Å². The number of amides is 1. The van der Waals surface area contributed by atoms with Crippen LogP contribution in [0.15, 0.2) is 5.38 Å². The maximum absolute atomic E-state index is 11.7. The van der Waals surface area contributed by atoms with E-state index in [0.717, 1.165) is 37.9 Å². The Kier molecular flexibility index (Phi) is 6.19. The average molecular weight is 254 g/mol. The summed E-state index contributed by atoms with van der Waals surface area (Å²) >= 11 is 1.70. The molecule has 0 spiro atoms. The molecule has 0 fully saturated rings. The molecule has 1 aromatic heterocycles. The highest BCUT2D eigenvalue weighted by Gasteiger charge is 2.12. The molecule has 0 aliphatic heterocycles. The van der Waals surface area contributed by atoms with E-state index in [0.29, 0.717) is 0 Å². The van der Waals surface area contributed by atoms with Crippen LogP contribution in [0.1, 0.15) is 43.8 Å². The third-order valence-corrected chi connectivity index (χ3v) is 3.92. The van der Waals surface area contributed by atoms with Gasteiger partial charge in [0.15, 0.2) is 0 Å². The van der Waals surface area contributed by atoms with E-state index in [2.05, 4.69) is 29.5 Å². The standard InChI is InChI=1S/C13H22N2OS/c1-4-11(5-2)13(16)14-8-6-7-12-15-10(3)9-17-12/h9,11H,4-8H2,1-3H3,(H,14,16). The Hall–Kier alpha value is -0.900. The average Bonchev–Trinajstić information content (AvgIpc) is 2.72. The molecule has 0 radical (unpaired) electrons. The van der Waals surface area contributed by atoms with Crippen molar-refractivity contribution in [3.05, 3.63) is 16.1 Å². The van der Waals surface area contributed by atoms with Crippen LogP contribution in [-0.2, 0) is 11.2 Å². The summed E-state index contributed by atoms with van der Waals surface area (Å²) in [5.41, 5.74) is 1.09. The SMILES string of the molecule is CCC(CC)C(=O)NCCCc1nc(C)cs1. The van der Waals surface area contributed by atoms with Crippen molar-refractivity contribution in [2.75, 3.05) is 6.54 Å². The number of hydrogen-bond acceptors (Lipinski definition) is 3. The van der Waals surface area contributed by atoms with Gasteiger partial charge in [0.05, 0.1) is 5.01 Å². The molecule has 3 nitrogen and oxygen atoms in total. The highest BCUT2D eigenvalue weighted by Crippen LogP contribution is 2.11. The van der Waals surface area contributed by atoms with Gasteiger partial charge in [-0.15, -0.1) is 11.3 Å². The van der Waals surface area contributed by atoms with Gasteiger partial charge in [-0.3, -0.25) is 4.79 Å². The van der Waals surface area contributed by atoms with Crippen molar-refractivity contribution in [2.45, 2.75) is 46.5 Å². The molecule has 0 aromatic carbocycles. The molecule has 1 rings (SSSR count). The summed E-state index contributed by atoms with van der Waals surface area (Å²) in [6.07, 6.45) is 3.78. The lowest BCUT2D eigenvalue weighted by Crippen LogP contribution is -2.31. The third-order valence-electron chi connectivity index (χ3n) is 2.89. The molecule has 0 saturated carbocycles. The normalized spacial score (nSPS) is 10.8. The predicted octanol–water partition coefficient (Wildman–Crippen LogP) is 2.94. The number of thiazole rings is 1. The number of aromatic nitrogens is 1. The van der Waals surface area contributed by atoms with Crippen molar-refractivity contribution in [3.8, 4) is 0 Å². The highest BCUT2D eigenvalue weighted by atomic mass is 32.1. The van der Waals surface area contributed by atoms with Crippen molar-refractivity contribution in [3.63, 3.8) is 0 Å². The molecule has 17 heavy (non-hydrogen) atoms. The second-order valence-corrected chi connectivity index (χ2v) is 5.23. The molecule has 0 atom stereocenters. The molecule has 0 aliphatic rings. The summed E-state index contributed by atoms with van der Waals surface area (Å²) in [4.78, 5) is 16.1. The summed E-state index contributed by atoms with van der Waals surface area (Å²) in [5, 5.41) is 6.23. The van der Waals surface area contributed by atoms with Crippen molar-refractivity contribution in [1.82, 2.24) is 10.3 Å². The summed E-state index contributed by atoms with van der Waals surface area (Å²) < 4.78 is 0. The van der Waals surface area contributed by atoms with E-state index < -0.39 is 0 Å². The summed E-state index contributed by atoms with van der Waals surface area (Å²) in [5.74, 6) is 0.377. The van der Waals surface area contributed by atoms with Crippen molar-refractivity contribution in [2.24, 2.45) is 5.92 Å². The van der Waals surface area contributed by atoms with Crippen LogP contribution < -0.4 is 5.32 Å².